The van der Waals surface area contributed by atoms with Crippen LogP contribution in [0.2, 0.25) is 0 Å². The van der Waals surface area contributed by atoms with E-state index in [1.807, 2.05) is 29.7 Å². The summed E-state index contributed by atoms with van der Waals surface area (Å²) in [6.07, 6.45) is 6.80. The van der Waals surface area contributed by atoms with Crippen LogP contribution in [0.1, 0.15) is 35.3 Å². The van der Waals surface area contributed by atoms with Gasteiger partial charge < -0.3 is 19.3 Å². The van der Waals surface area contributed by atoms with E-state index >= 15 is 0 Å². The molecule has 2 aliphatic heterocycles. The van der Waals surface area contributed by atoms with Crippen molar-refractivity contribution < 1.29 is 9.90 Å². The van der Waals surface area contributed by atoms with Gasteiger partial charge >= 0.3 is 0 Å². The molecule has 6 heteroatoms. The molecule has 1 unspecified atom stereocenters. The highest BCUT2D eigenvalue weighted by Crippen LogP contribution is 2.25. The van der Waals surface area contributed by atoms with Gasteiger partial charge in [0.1, 0.15) is 11.3 Å². The Labute approximate surface area is 141 Å². The van der Waals surface area contributed by atoms with E-state index in [2.05, 4.69) is 9.88 Å². The summed E-state index contributed by atoms with van der Waals surface area (Å²) in [5.74, 6) is -0.0892. The first kappa shape index (κ1) is 15.6. The number of hydrogen-bond acceptors (Lipinski definition) is 4. The third-order valence-corrected chi connectivity index (χ3v) is 5.15. The Kier molecular flexibility index (Phi) is 3.81. The quantitative estimate of drug-likeness (QED) is 0.923. The number of amides is 1. The number of carbonyl (C=O) groups excluding carboxylic acids is 1. The predicted molar refractivity (Wildman–Crippen MR) is 91.1 cm³/mol. The van der Waals surface area contributed by atoms with Crippen molar-refractivity contribution >= 4 is 11.6 Å². The van der Waals surface area contributed by atoms with E-state index in [0.29, 0.717) is 31.7 Å². The number of likely N-dealkylation sites (tertiary alicyclic amines) is 2. The molecular weight excluding hydrogens is 304 g/mol. The molecule has 0 aromatic carbocycles. The minimum atomic E-state index is -0.782. The zero-order valence-corrected chi connectivity index (χ0v) is 14.1. The number of pyridine rings is 1. The third-order valence-electron chi connectivity index (χ3n) is 5.15. The van der Waals surface area contributed by atoms with Crippen molar-refractivity contribution in [2.24, 2.45) is 0 Å². The van der Waals surface area contributed by atoms with Gasteiger partial charge in [-0.15, -0.1) is 0 Å². The Balaban J connectivity index is 1.48. The van der Waals surface area contributed by atoms with Crippen LogP contribution >= 0.6 is 0 Å². The number of fused-ring (bicyclic) bond motifs is 1. The smallest absolute Gasteiger partial charge is 0.274 e. The topological polar surface area (TPSA) is 61.1 Å². The molecule has 1 N–H and O–H groups in total. The summed E-state index contributed by atoms with van der Waals surface area (Å²) in [5.41, 5.74) is 1.57. The van der Waals surface area contributed by atoms with Crippen molar-refractivity contribution in [1.82, 2.24) is 19.2 Å². The molecule has 2 aromatic rings. The fourth-order valence-electron chi connectivity index (χ4n) is 3.88. The van der Waals surface area contributed by atoms with Gasteiger partial charge in [0.15, 0.2) is 0 Å². The Morgan fingerprint density at radius 1 is 1.25 bits per heavy atom. The molecular formula is C18H24N4O2. The van der Waals surface area contributed by atoms with Crippen LogP contribution in [0.5, 0.6) is 0 Å². The molecule has 4 rings (SSSR count). The van der Waals surface area contributed by atoms with Crippen LogP contribution in [0.4, 0.5) is 0 Å². The zero-order chi connectivity index (χ0) is 16.7. The number of hydrogen-bond donors (Lipinski definition) is 1. The zero-order valence-electron chi connectivity index (χ0n) is 14.1. The highest BCUT2D eigenvalue weighted by Gasteiger charge is 2.40. The SMILES string of the molecule is Cc1ccc2nc(C(=O)N3CCC(O)(CN4CCCC4)C3)cn2c1. The average Bonchev–Trinajstić information content (AvgIpc) is 3.26. The molecule has 2 aromatic heterocycles. The molecule has 6 nitrogen and oxygen atoms in total. The van der Waals surface area contributed by atoms with E-state index in [1.165, 1.54) is 12.8 Å². The van der Waals surface area contributed by atoms with E-state index in [9.17, 15) is 9.90 Å². The molecule has 2 aliphatic rings. The minimum Gasteiger partial charge on any atom is -0.387 e. The van der Waals surface area contributed by atoms with E-state index in [0.717, 1.165) is 24.3 Å². The molecule has 2 fully saturated rings. The van der Waals surface area contributed by atoms with Gasteiger partial charge in [-0.05, 0) is 50.9 Å². The Morgan fingerprint density at radius 2 is 2.04 bits per heavy atom. The molecule has 0 saturated carbocycles. The van der Waals surface area contributed by atoms with Crippen molar-refractivity contribution in [2.45, 2.75) is 31.8 Å². The van der Waals surface area contributed by atoms with Crippen molar-refractivity contribution in [3.63, 3.8) is 0 Å². The van der Waals surface area contributed by atoms with Gasteiger partial charge in [-0.1, -0.05) is 6.07 Å². The number of β-amino-alcohol motifs (C(OH)–C–C–N with tert-alkyl or cyclic N) is 1. The van der Waals surface area contributed by atoms with E-state index in [4.69, 9.17) is 0 Å². The summed E-state index contributed by atoms with van der Waals surface area (Å²) in [6, 6.07) is 3.90. The minimum absolute atomic E-state index is 0.0892. The maximum atomic E-state index is 12.8. The maximum absolute atomic E-state index is 12.8. The van der Waals surface area contributed by atoms with Gasteiger partial charge in [0, 0.05) is 25.5 Å². The lowest BCUT2D eigenvalue weighted by Crippen LogP contribution is -2.45. The summed E-state index contributed by atoms with van der Waals surface area (Å²) in [5, 5.41) is 10.8. The van der Waals surface area contributed by atoms with Crippen LogP contribution in [-0.4, -0.2) is 68.5 Å². The van der Waals surface area contributed by atoms with Crippen LogP contribution in [0.15, 0.2) is 24.5 Å². The van der Waals surface area contributed by atoms with Crippen LogP contribution in [-0.2, 0) is 0 Å². The molecule has 0 bridgehead atoms. The lowest BCUT2D eigenvalue weighted by molar-refractivity contribution is 0.0175. The fourth-order valence-corrected chi connectivity index (χ4v) is 3.88. The summed E-state index contributed by atoms with van der Waals surface area (Å²) in [6.45, 7) is 5.79. The highest BCUT2D eigenvalue weighted by molar-refractivity contribution is 5.93. The van der Waals surface area contributed by atoms with Gasteiger partial charge in [-0.25, -0.2) is 4.98 Å². The van der Waals surface area contributed by atoms with E-state index in [-0.39, 0.29) is 5.91 Å². The number of aryl methyl sites for hydroxylation is 1. The largest absolute Gasteiger partial charge is 0.387 e. The van der Waals surface area contributed by atoms with Crippen LogP contribution in [0.3, 0.4) is 0 Å². The van der Waals surface area contributed by atoms with E-state index in [1.54, 1.807) is 11.1 Å². The van der Waals surface area contributed by atoms with Crippen molar-refractivity contribution in [3.05, 3.63) is 35.8 Å². The fraction of sp³-hybridized carbons (Fsp3) is 0.556. The average molecular weight is 328 g/mol. The molecule has 1 amide bonds. The van der Waals surface area contributed by atoms with Gasteiger partial charge in [0.25, 0.3) is 5.91 Å². The first-order chi connectivity index (χ1) is 11.5. The third kappa shape index (κ3) is 2.91. The van der Waals surface area contributed by atoms with Crippen molar-refractivity contribution in [3.8, 4) is 0 Å². The van der Waals surface area contributed by atoms with Crippen molar-refractivity contribution in [2.75, 3.05) is 32.7 Å². The monoisotopic (exact) mass is 328 g/mol. The summed E-state index contributed by atoms with van der Waals surface area (Å²) >= 11 is 0. The first-order valence-corrected chi connectivity index (χ1v) is 8.72. The second-order valence-corrected chi connectivity index (χ2v) is 7.28. The normalized spacial score (nSPS) is 25.0. The maximum Gasteiger partial charge on any atom is 0.274 e. The van der Waals surface area contributed by atoms with Crippen LogP contribution in [0, 0.1) is 6.92 Å². The summed E-state index contributed by atoms with van der Waals surface area (Å²) < 4.78 is 1.88. The van der Waals surface area contributed by atoms with Crippen LogP contribution in [0.25, 0.3) is 5.65 Å². The molecule has 2 saturated heterocycles. The highest BCUT2D eigenvalue weighted by atomic mass is 16.3. The molecule has 0 radical (unpaired) electrons. The predicted octanol–water partition coefficient (Wildman–Crippen LogP) is 1.32. The number of nitrogens with zero attached hydrogens (tertiary/aromatic N) is 4. The summed E-state index contributed by atoms with van der Waals surface area (Å²) in [7, 11) is 0. The number of aromatic nitrogens is 2. The van der Waals surface area contributed by atoms with Crippen molar-refractivity contribution in [1.29, 1.82) is 0 Å². The molecule has 0 aliphatic carbocycles. The molecule has 24 heavy (non-hydrogen) atoms. The van der Waals surface area contributed by atoms with Gasteiger partial charge in [-0.2, -0.15) is 0 Å². The Morgan fingerprint density at radius 3 is 2.83 bits per heavy atom. The number of aliphatic hydroxyl groups is 1. The second-order valence-electron chi connectivity index (χ2n) is 7.28. The number of rotatable bonds is 3. The lowest BCUT2D eigenvalue weighted by atomic mass is 10.0. The molecule has 1 atom stereocenters. The van der Waals surface area contributed by atoms with Gasteiger partial charge in [-0.3, -0.25) is 4.79 Å². The van der Waals surface area contributed by atoms with Gasteiger partial charge in [0.05, 0.1) is 12.1 Å². The van der Waals surface area contributed by atoms with Crippen LogP contribution < -0.4 is 0 Å². The molecule has 0 spiro atoms. The number of imidazole rings is 1. The number of carbonyl (C=O) groups is 1. The molecule has 4 heterocycles. The van der Waals surface area contributed by atoms with Gasteiger partial charge in [0.2, 0.25) is 0 Å². The Hall–Kier alpha value is -1.92. The van der Waals surface area contributed by atoms with E-state index < -0.39 is 5.60 Å². The molecule has 128 valence electrons. The second kappa shape index (κ2) is 5.86. The lowest BCUT2D eigenvalue weighted by Gasteiger charge is -2.28. The first-order valence-electron chi connectivity index (χ1n) is 8.72. The Bertz CT molecular complexity index is 765. The standard InChI is InChI=1S/C18H24N4O2/c1-14-4-5-16-19-15(11-22(16)10-14)17(23)21-9-6-18(24,13-21)12-20-7-2-3-8-20/h4-5,10-11,24H,2-3,6-9,12-13H2,1H3. The summed E-state index contributed by atoms with van der Waals surface area (Å²) in [4.78, 5) is 21.2.